The van der Waals surface area contributed by atoms with Crippen LogP contribution in [0.5, 0.6) is 0 Å². The van der Waals surface area contributed by atoms with E-state index < -0.39 is 40.0 Å². The average molecular weight is 330 g/mol. The van der Waals surface area contributed by atoms with Gasteiger partial charge in [0.1, 0.15) is 24.0 Å². The van der Waals surface area contributed by atoms with Gasteiger partial charge in [0.05, 0.1) is 16.8 Å². The van der Waals surface area contributed by atoms with Crippen LogP contribution in [-0.2, 0) is 11.3 Å². The number of aryl methyl sites for hydroxylation is 1. The van der Waals surface area contributed by atoms with Crippen molar-refractivity contribution >= 4 is 17.3 Å². The number of aromatic nitrogens is 1. The molecule has 1 aromatic heterocycles. The van der Waals surface area contributed by atoms with Crippen LogP contribution in [0.15, 0.2) is 35.3 Å². The number of hydrogen-bond acceptors (Lipinski definition) is 5. The largest absolute Gasteiger partial charge is 0.322 e. The third-order valence-corrected chi connectivity index (χ3v) is 3.12. The standard InChI is InChI=1S/C15H11FN4O4/c1-9-2-3-13(12(16)4-9)18-14(21)8-19-7-11(20(23)24)5-10(6-17)15(19)22/h2-5,7H,8H2,1H3,(H,18,21). The van der Waals surface area contributed by atoms with Crippen molar-refractivity contribution in [3.8, 4) is 6.07 Å². The van der Waals surface area contributed by atoms with E-state index in [4.69, 9.17) is 5.26 Å². The first-order valence-electron chi connectivity index (χ1n) is 6.67. The number of pyridine rings is 1. The van der Waals surface area contributed by atoms with Crippen molar-refractivity contribution < 1.29 is 14.1 Å². The summed E-state index contributed by atoms with van der Waals surface area (Å²) in [7, 11) is 0. The van der Waals surface area contributed by atoms with Gasteiger partial charge in [-0.3, -0.25) is 24.3 Å². The van der Waals surface area contributed by atoms with Crippen LogP contribution in [0.25, 0.3) is 0 Å². The highest BCUT2D eigenvalue weighted by molar-refractivity contribution is 5.90. The highest BCUT2D eigenvalue weighted by atomic mass is 19.1. The molecule has 122 valence electrons. The molecule has 9 heteroatoms. The van der Waals surface area contributed by atoms with Crippen LogP contribution in [0.4, 0.5) is 15.8 Å². The Kier molecular flexibility index (Phi) is 4.70. The summed E-state index contributed by atoms with van der Waals surface area (Å²) in [5.74, 6) is -1.41. The number of benzene rings is 1. The van der Waals surface area contributed by atoms with Gasteiger partial charge >= 0.3 is 0 Å². The Morgan fingerprint density at radius 2 is 2.17 bits per heavy atom. The Morgan fingerprint density at radius 1 is 1.46 bits per heavy atom. The number of nitrogens with zero attached hydrogens (tertiary/aromatic N) is 3. The molecule has 0 bridgehead atoms. The summed E-state index contributed by atoms with van der Waals surface area (Å²) in [5, 5.41) is 21.9. The summed E-state index contributed by atoms with van der Waals surface area (Å²) in [4.78, 5) is 33.9. The van der Waals surface area contributed by atoms with Gasteiger partial charge in [-0.25, -0.2) is 4.39 Å². The first-order chi connectivity index (χ1) is 11.3. The molecule has 0 aliphatic carbocycles. The van der Waals surface area contributed by atoms with Crippen molar-refractivity contribution in [2.75, 3.05) is 5.32 Å². The van der Waals surface area contributed by atoms with Crippen molar-refractivity contribution in [1.82, 2.24) is 4.57 Å². The molecule has 1 aromatic carbocycles. The molecule has 1 heterocycles. The van der Waals surface area contributed by atoms with Gasteiger partial charge in [0, 0.05) is 6.07 Å². The van der Waals surface area contributed by atoms with Crippen molar-refractivity contribution in [3.05, 3.63) is 67.9 Å². The smallest absolute Gasteiger partial charge is 0.287 e. The minimum absolute atomic E-state index is 0.0791. The summed E-state index contributed by atoms with van der Waals surface area (Å²) in [6, 6.07) is 6.54. The first kappa shape index (κ1) is 16.8. The van der Waals surface area contributed by atoms with Crippen LogP contribution in [0.3, 0.4) is 0 Å². The van der Waals surface area contributed by atoms with Gasteiger partial charge in [-0.05, 0) is 24.6 Å². The number of hydrogen-bond donors (Lipinski definition) is 1. The highest BCUT2D eigenvalue weighted by Gasteiger charge is 2.16. The van der Waals surface area contributed by atoms with E-state index in [-0.39, 0.29) is 5.69 Å². The number of halogens is 1. The minimum atomic E-state index is -0.845. The summed E-state index contributed by atoms with van der Waals surface area (Å²) >= 11 is 0. The number of nitro groups is 1. The van der Waals surface area contributed by atoms with Gasteiger partial charge in [-0.15, -0.1) is 0 Å². The molecular formula is C15H11FN4O4. The number of nitrogens with one attached hydrogen (secondary N) is 1. The first-order valence-corrected chi connectivity index (χ1v) is 6.67. The second kappa shape index (κ2) is 6.70. The van der Waals surface area contributed by atoms with E-state index in [0.717, 1.165) is 16.8 Å². The van der Waals surface area contributed by atoms with Crippen molar-refractivity contribution in [2.24, 2.45) is 0 Å². The fraction of sp³-hybridized carbons (Fsp3) is 0.133. The highest BCUT2D eigenvalue weighted by Crippen LogP contribution is 2.15. The van der Waals surface area contributed by atoms with Crippen LogP contribution in [0.1, 0.15) is 11.1 Å². The van der Waals surface area contributed by atoms with Crippen molar-refractivity contribution in [3.63, 3.8) is 0 Å². The lowest BCUT2D eigenvalue weighted by molar-refractivity contribution is -0.385. The number of anilines is 1. The van der Waals surface area contributed by atoms with Crippen LogP contribution >= 0.6 is 0 Å². The molecule has 0 fully saturated rings. The third-order valence-electron chi connectivity index (χ3n) is 3.12. The van der Waals surface area contributed by atoms with E-state index in [9.17, 15) is 24.1 Å². The molecular weight excluding hydrogens is 319 g/mol. The quantitative estimate of drug-likeness (QED) is 0.676. The molecule has 0 saturated carbocycles. The average Bonchev–Trinajstić information content (AvgIpc) is 2.51. The SMILES string of the molecule is Cc1ccc(NC(=O)Cn2cc([N+](=O)[O-])cc(C#N)c2=O)c(F)c1. The van der Waals surface area contributed by atoms with Gasteiger partial charge < -0.3 is 5.32 Å². The molecule has 0 unspecified atom stereocenters. The maximum Gasteiger partial charge on any atom is 0.287 e. The van der Waals surface area contributed by atoms with Crippen molar-refractivity contribution in [1.29, 1.82) is 5.26 Å². The Bertz CT molecular complexity index is 930. The fourth-order valence-corrected chi connectivity index (χ4v) is 1.98. The van der Waals surface area contributed by atoms with Gasteiger partial charge in [0.25, 0.3) is 11.2 Å². The molecule has 2 aromatic rings. The van der Waals surface area contributed by atoms with Gasteiger partial charge in [-0.2, -0.15) is 5.26 Å². The van der Waals surface area contributed by atoms with Crippen LogP contribution in [0.2, 0.25) is 0 Å². The van der Waals surface area contributed by atoms with E-state index in [2.05, 4.69) is 5.32 Å². The zero-order valence-electron chi connectivity index (χ0n) is 12.4. The number of carbonyl (C=O) groups is 1. The molecule has 8 nitrogen and oxygen atoms in total. The second-order valence-electron chi connectivity index (χ2n) is 4.95. The normalized spacial score (nSPS) is 10.0. The Morgan fingerprint density at radius 3 is 2.75 bits per heavy atom. The number of carbonyl (C=O) groups excluding carboxylic acids is 1. The second-order valence-corrected chi connectivity index (χ2v) is 4.95. The molecule has 24 heavy (non-hydrogen) atoms. The fourth-order valence-electron chi connectivity index (χ4n) is 1.98. The molecule has 0 radical (unpaired) electrons. The molecule has 0 atom stereocenters. The Balaban J connectivity index is 2.29. The molecule has 0 saturated heterocycles. The monoisotopic (exact) mass is 330 g/mol. The predicted molar refractivity (Wildman–Crippen MR) is 81.8 cm³/mol. The van der Waals surface area contributed by atoms with E-state index in [1.54, 1.807) is 13.0 Å². The molecule has 0 aliphatic heterocycles. The van der Waals surface area contributed by atoms with E-state index >= 15 is 0 Å². The minimum Gasteiger partial charge on any atom is -0.322 e. The summed E-state index contributed by atoms with van der Waals surface area (Å²) < 4.78 is 14.4. The number of rotatable bonds is 4. The zero-order valence-corrected chi connectivity index (χ0v) is 12.4. The van der Waals surface area contributed by atoms with E-state index in [1.165, 1.54) is 18.2 Å². The molecule has 0 aliphatic rings. The summed E-state index contributed by atoms with van der Waals surface area (Å²) in [6.07, 6.45) is 0.855. The summed E-state index contributed by atoms with van der Waals surface area (Å²) in [5.41, 5.74) is -1.22. The molecule has 2 rings (SSSR count). The number of amides is 1. The van der Waals surface area contributed by atoms with E-state index in [0.29, 0.717) is 5.56 Å². The lowest BCUT2D eigenvalue weighted by Gasteiger charge is -2.09. The zero-order chi connectivity index (χ0) is 17.9. The van der Waals surface area contributed by atoms with Crippen LogP contribution < -0.4 is 10.9 Å². The topological polar surface area (TPSA) is 118 Å². The summed E-state index contributed by atoms with van der Waals surface area (Å²) in [6.45, 7) is 1.09. The van der Waals surface area contributed by atoms with Gasteiger partial charge in [0.15, 0.2) is 0 Å². The Hall–Kier alpha value is -3.54. The molecule has 1 amide bonds. The lowest BCUT2D eigenvalue weighted by atomic mass is 10.2. The lowest BCUT2D eigenvalue weighted by Crippen LogP contribution is -2.29. The van der Waals surface area contributed by atoms with E-state index in [1.807, 2.05) is 0 Å². The van der Waals surface area contributed by atoms with Crippen molar-refractivity contribution in [2.45, 2.75) is 13.5 Å². The van der Waals surface area contributed by atoms with Gasteiger partial charge in [0.2, 0.25) is 5.91 Å². The maximum atomic E-state index is 13.7. The maximum absolute atomic E-state index is 13.7. The number of nitriles is 1. The molecule has 1 N–H and O–H groups in total. The van der Waals surface area contributed by atoms with Gasteiger partial charge in [-0.1, -0.05) is 6.07 Å². The molecule has 0 spiro atoms. The predicted octanol–water partition coefficient (Wildman–Crippen LogP) is 1.71. The Labute approximate surface area is 134 Å². The van der Waals surface area contributed by atoms with Crippen LogP contribution in [-0.4, -0.2) is 15.4 Å². The van der Waals surface area contributed by atoms with Crippen LogP contribution in [0, 0.1) is 34.2 Å². The third kappa shape index (κ3) is 3.61.